The first-order chi connectivity index (χ1) is 7.33. The van der Waals surface area contributed by atoms with Crippen LogP contribution in [0.1, 0.15) is 64.7 Å². The van der Waals surface area contributed by atoms with Gasteiger partial charge in [0.15, 0.2) is 23.0 Å². The summed E-state index contributed by atoms with van der Waals surface area (Å²) in [4.78, 5) is 0. The number of halogens is 1. The van der Waals surface area contributed by atoms with Crippen molar-refractivity contribution in [2.45, 2.75) is 64.7 Å². The van der Waals surface area contributed by atoms with Crippen LogP contribution in [0.3, 0.4) is 0 Å². The fourth-order valence-electron chi connectivity index (χ4n) is 2.19. The van der Waals surface area contributed by atoms with E-state index in [1.165, 1.54) is 51.4 Å². The Morgan fingerprint density at radius 1 is 1.13 bits per heavy atom. The summed E-state index contributed by atoms with van der Waals surface area (Å²) in [5, 5.41) is 0. The Hall–Kier alpha value is 0.270. The predicted octanol–water partition coefficient (Wildman–Crippen LogP) is 5.40. The van der Waals surface area contributed by atoms with Gasteiger partial charge in [0.05, 0.1) is 0 Å². The molecule has 0 aliphatic heterocycles. The van der Waals surface area contributed by atoms with E-state index in [4.69, 9.17) is 3.07 Å². The average Bonchev–Trinajstić information content (AvgIpc) is 2.32. The highest BCUT2D eigenvalue weighted by atomic mass is 127. The van der Waals surface area contributed by atoms with Crippen LogP contribution >= 0.6 is 23.0 Å². The van der Waals surface area contributed by atoms with Crippen LogP contribution in [-0.4, -0.2) is 0 Å². The maximum atomic E-state index is 5.02. The first-order valence-corrected chi connectivity index (χ1v) is 7.18. The van der Waals surface area contributed by atoms with Crippen LogP contribution in [0.15, 0.2) is 11.8 Å². The van der Waals surface area contributed by atoms with Crippen LogP contribution < -0.4 is 0 Å². The minimum atomic E-state index is 1.04. The molecule has 0 unspecified atom stereocenters. The number of allylic oxidation sites excluding steroid dienone is 2. The van der Waals surface area contributed by atoms with Crippen molar-refractivity contribution in [2.24, 2.45) is 5.92 Å². The molecule has 88 valence electrons. The van der Waals surface area contributed by atoms with Gasteiger partial charge in [-0.3, -0.25) is 0 Å². The summed E-state index contributed by atoms with van der Waals surface area (Å²) < 4.78 is 5.02. The molecule has 0 heterocycles. The van der Waals surface area contributed by atoms with E-state index in [-0.39, 0.29) is 0 Å². The van der Waals surface area contributed by atoms with Gasteiger partial charge in [-0.2, -0.15) is 0 Å². The summed E-state index contributed by atoms with van der Waals surface area (Å²) in [5.74, 6) is 2.20. The van der Waals surface area contributed by atoms with E-state index in [9.17, 15) is 0 Å². The summed E-state index contributed by atoms with van der Waals surface area (Å²) in [6, 6.07) is 0. The summed E-state index contributed by atoms with van der Waals surface area (Å²) >= 11 is 1.94. The predicted molar refractivity (Wildman–Crippen MR) is 73.9 cm³/mol. The molecule has 0 atom stereocenters. The maximum absolute atomic E-state index is 5.02. The van der Waals surface area contributed by atoms with Gasteiger partial charge in [0.2, 0.25) is 0 Å². The minimum Gasteiger partial charge on any atom is -0.433 e. The lowest BCUT2D eigenvalue weighted by Crippen LogP contribution is -1.99. The Morgan fingerprint density at radius 2 is 1.87 bits per heavy atom. The van der Waals surface area contributed by atoms with Crippen LogP contribution in [0.25, 0.3) is 0 Å². The van der Waals surface area contributed by atoms with Crippen molar-refractivity contribution in [3.63, 3.8) is 0 Å². The summed E-state index contributed by atoms with van der Waals surface area (Å²) in [6.07, 6.45) is 14.6. The number of hydrogen-bond donors (Lipinski definition) is 0. The van der Waals surface area contributed by atoms with Crippen molar-refractivity contribution in [1.29, 1.82) is 0 Å². The van der Waals surface area contributed by atoms with Gasteiger partial charge in [0.25, 0.3) is 0 Å². The molecule has 2 aliphatic carbocycles. The average molecular weight is 322 g/mol. The van der Waals surface area contributed by atoms with Gasteiger partial charge in [0, 0.05) is 6.42 Å². The van der Waals surface area contributed by atoms with Gasteiger partial charge >= 0.3 is 0 Å². The molecule has 0 aromatic heterocycles. The van der Waals surface area contributed by atoms with Crippen molar-refractivity contribution in [3.8, 4) is 0 Å². The first-order valence-electron chi connectivity index (χ1n) is 6.30. The van der Waals surface area contributed by atoms with Crippen LogP contribution in [0, 0.1) is 5.92 Å². The Labute approximate surface area is 108 Å². The lowest BCUT2D eigenvalue weighted by atomic mass is 9.91. The van der Waals surface area contributed by atoms with Crippen molar-refractivity contribution in [2.75, 3.05) is 0 Å². The standard InChI is InChI=1S/C7H14.C6H9IO/c1-7-5-3-2-4-6-7;7-8-6-4-2-1-3-5-6/h7H,2-6H2,1H3;4H,1-3,5H2. The van der Waals surface area contributed by atoms with Gasteiger partial charge in [-0.25, -0.2) is 0 Å². The molecule has 0 saturated heterocycles. The number of rotatable bonds is 1. The molecule has 2 heteroatoms. The highest BCUT2D eigenvalue weighted by Crippen LogP contribution is 2.22. The monoisotopic (exact) mass is 322 g/mol. The second-order valence-electron chi connectivity index (χ2n) is 4.74. The highest BCUT2D eigenvalue weighted by molar-refractivity contribution is 14.1. The molecular formula is C13H23IO. The van der Waals surface area contributed by atoms with Crippen LogP contribution in [0.4, 0.5) is 0 Å². The maximum Gasteiger partial charge on any atom is 0.192 e. The van der Waals surface area contributed by atoms with Crippen LogP contribution in [0.5, 0.6) is 0 Å². The third-order valence-electron chi connectivity index (χ3n) is 3.24. The Balaban J connectivity index is 0.000000151. The van der Waals surface area contributed by atoms with E-state index in [0.717, 1.165) is 18.1 Å². The molecule has 2 aliphatic rings. The molecule has 1 nitrogen and oxygen atoms in total. The first kappa shape index (κ1) is 13.3. The van der Waals surface area contributed by atoms with Crippen molar-refractivity contribution in [3.05, 3.63) is 11.8 Å². The van der Waals surface area contributed by atoms with Crippen molar-refractivity contribution < 1.29 is 3.07 Å². The van der Waals surface area contributed by atoms with Gasteiger partial charge in [-0.15, -0.1) is 0 Å². The van der Waals surface area contributed by atoms with Gasteiger partial charge in [0.1, 0.15) is 5.76 Å². The van der Waals surface area contributed by atoms with Crippen molar-refractivity contribution in [1.82, 2.24) is 0 Å². The van der Waals surface area contributed by atoms with Crippen LogP contribution in [0.2, 0.25) is 0 Å². The largest absolute Gasteiger partial charge is 0.433 e. The second-order valence-corrected chi connectivity index (χ2v) is 5.18. The summed E-state index contributed by atoms with van der Waals surface area (Å²) in [5.41, 5.74) is 0. The topological polar surface area (TPSA) is 9.23 Å². The molecule has 0 aromatic carbocycles. The van der Waals surface area contributed by atoms with E-state index < -0.39 is 0 Å². The molecule has 1 fully saturated rings. The van der Waals surface area contributed by atoms with E-state index >= 15 is 0 Å². The molecule has 1 saturated carbocycles. The van der Waals surface area contributed by atoms with E-state index in [0.29, 0.717) is 0 Å². The molecule has 15 heavy (non-hydrogen) atoms. The van der Waals surface area contributed by atoms with E-state index in [1.54, 1.807) is 0 Å². The molecule has 2 rings (SSSR count). The lowest BCUT2D eigenvalue weighted by Gasteiger charge is -2.15. The molecule has 0 amide bonds. The van der Waals surface area contributed by atoms with Gasteiger partial charge in [-0.05, 0) is 31.3 Å². The molecule has 0 aromatic rings. The third kappa shape index (κ3) is 6.44. The Kier molecular flexibility index (Phi) is 7.49. The molecular weight excluding hydrogens is 299 g/mol. The zero-order valence-corrected chi connectivity index (χ0v) is 12.0. The van der Waals surface area contributed by atoms with Crippen LogP contribution in [-0.2, 0) is 3.07 Å². The van der Waals surface area contributed by atoms with E-state index in [1.807, 2.05) is 23.0 Å². The minimum absolute atomic E-state index is 1.04. The smallest absolute Gasteiger partial charge is 0.192 e. The van der Waals surface area contributed by atoms with Gasteiger partial charge in [-0.1, -0.05) is 39.0 Å². The SMILES string of the molecule is CC1CCCCC1.IOC1=CCCCC1. The normalized spacial score (nSPS) is 22.4. The van der Waals surface area contributed by atoms with E-state index in [2.05, 4.69) is 13.0 Å². The molecule has 0 radical (unpaired) electrons. The molecule has 0 N–H and O–H groups in total. The Morgan fingerprint density at radius 3 is 2.20 bits per heavy atom. The second kappa shape index (κ2) is 8.43. The fourth-order valence-corrected chi connectivity index (χ4v) is 2.59. The zero-order valence-electron chi connectivity index (χ0n) is 9.80. The lowest BCUT2D eigenvalue weighted by molar-refractivity contribution is 0.385. The zero-order chi connectivity index (χ0) is 10.9. The third-order valence-corrected chi connectivity index (χ3v) is 3.81. The quantitative estimate of drug-likeness (QED) is 0.588. The summed E-state index contributed by atoms with van der Waals surface area (Å²) in [7, 11) is 0. The van der Waals surface area contributed by atoms with Gasteiger partial charge < -0.3 is 3.07 Å². The van der Waals surface area contributed by atoms with Crippen molar-refractivity contribution >= 4 is 23.0 Å². The number of hydrogen-bond acceptors (Lipinski definition) is 1. The molecule has 0 spiro atoms. The Bertz CT molecular complexity index is 183. The molecule has 0 bridgehead atoms. The summed E-state index contributed by atoms with van der Waals surface area (Å²) in [6.45, 7) is 2.36. The fraction of sp³-hybridized carbons (Fsp3) is 0.846. The highest BCUT2D eigenvalue weighted by Gasteiger charge is 2.06.